The van der Waals surface area contributed by atoms with E-state index in [1.165, 1.54) is 23.2 Å². The van der Waals surface area contributed by atoms with Crippen molar-refractivity contribution in [3.05, 3.63) is 71.1 Å². The van der Waals surface area contributed by atoms with Gasteiger partial charge in [-0.15, -0.1) is 0 Å². The van der Waals surface area contributed by atoms with Crippen molar-refractivity contribution in [2.75, 3.05) is 13.1 Å². The Hall–Kier alpha value is -3.49. The van der Waals surface area contributed by atoms with Gasteiger partial charge in [0.2, 0.25) is 5.76 Å². The van der Waals surface area contributed by atoms with Gasteiger partial charge in [0.15, 0.2) is 30.0 Å². The quantitative estimate of drug-likeness (QED) is 0.602. The van der Waals surface area contributed by atoms with Gasteiger partial charge in [-0.05, 0) is 51.1 Å². The molecule has 1 aliphatic rings. The summed E-state index contributed by atoms with van der Waals surface area (Å²) >= 11 is 0. The Balaban J connectivity index is 0.000000219. The van der Waals surface area contributed by atoms with Crippen molar-refractivity contribution in [3.63, 3.8) is 0 Å². The van der Waals surface area contributed by atoms with Crippen LogP contribution in [-0.4, -0.2) is 33.9 Å². The van der Waals surface area contributed by atoms with E-state index in [0.29, 0.717) is 24.5 Å². The first-order valence-electron chi connectivity index (χ1n) is 10.3. The van der Waals surface area contributed by atoms with Crippen molar-refractivity contribution >= 4 is 17.0 Å². The molecule has 2 aromatic heterocycles. The normalized spacial score (nSPS) is 14.4. The summed E-state index contributed by atoms with van der Waals surface area (Å²) in [7, 11) is 0. The summed E-state index contributed by atoms with van der Waals surface area (Å²) in [6.45, 7) is 9.40. The number of nitrogens with one attached hydrogen (secondary N) is 1. The van der Waals surface area contributed by atoms with Crippen molar-refractivity contribution in [2.45, 2.75) is 40.5 Å². The fourth-order valence-electron chi connectivity index (χ4n) is 3.14. The molecule has 0 saturated carbocycles. The first-order valence-corrected chi connectivity index (χ1v) is 10.3. The van der Waals surface area contributed by atoms with Crippen LogP contribution in [0, 0.1) is 18.6 Å². The van der Waals surface area contributed by atoms with E-state index in [1.807, 2.05) is 4.90 Å². The summed E-state index contributed by atoms with van der Waals surface area (Å²) < 4.78 is 35.2. The number of carbonyl (C=O) groups is 1. The fourth-order valence-corrected chi connectivity index (χ4v) is 3.14. The van der Waals surface area contributed by atoms with Crippen molar-refractivity contribution < 1.29 is 22.4 Å². The second-order valence-corrected chi connectivity index (χ2v) is 7.55. The van der Waals surface area contributed by atoms with Gasteiger partial charge >= 0.3 is 0 Å². The van der Waals surface area contributed by atoms with E-state index in [2.05, 4.69) is 46.7 Å². The second kappa shape index (κ2) is 10.2. The molecule has 1 aromatic carbocycles. The third-order valence-corrected chi connectivity index (χ3v) is 5.24. The molecule has 1 aliphatic heterocycles. The highest BCUT2D eigenvalue weighted by atomic mass is 19.1. The number of oxazole rings is 2. The number of halogens is 2. The number of aryl methyl sites for hydroxylation is 1. The van der Waals surface area contributed by atoms with Crippen LogP contribution in [0.1, 0.15) is 49.9 Å². The summed E-state index contributed by atoms with van der Waals surface area (Å²) in [5.74, 6) is -0.904. The van der Waals surface area contributed by atoms with Gasteiger partial charge in [-0.3, -0.25) is 4.79 Å². The van der Waals surface area contributed by atoms with Crippen LogP contribution in [0.15, 0.2) is 56.8 Å². The van der Waals surface area contributed by atoms with E-state index >= 15 is 0 Å². The zero-order valence-electron chi connectivity index (χ0n) is 18.5. The molecule has 3 heterocycles. The molecule has 1 amide bonds. The SMILES string of the molecule is CCC(C)=CNC1=C(C)CN(C(=O)c2ocnc2C)CC1.Fc1ccc(F)c2ocnc12. The van der Waals surface area contributed by atoms with Crippen LogP contribution >= 0.6 is 0 Å². The van der Waals surface area contributed by atoms with E-state index in [1.54, 1.807) is 6.92 Å². The molecule has 0 saturated heterocycles. The maximum atomic E-state index is 12.7. The van der Waals surface area contributed by atoms with Gasteiger partial charge in [0.1, 0.15) is 5.52 Å². The first kappa shape index (κ1) is 23.2. The monoisotopic (exact) mass is 444 g/mol. The van der Waals surface area contributed by atoms with E-state index in [-0.39, 0.29) is 17.0 Å². The van der Waals surface area contributed by atoms with Crippen LogP contribution in [-0.2, 0) is 0 Å². The molecule has 0 fully saturated rings. The average molecular weight is 444 g/mol. The third-order valence-electron chi connectivity index (χ3n) is 5.24. The minimum Gasteiger partial charge on any atom is -0.440 e. The number of benzene rings is 1. The number of nitrogens with zero attached hydrogens (tertiary/aromatic N) is 3. The minimum absolute atomic E-state index is 0.0648. The van der Waals surface area contributed by atoms with E-state index in [9.17, 15) is 13.6 Å². The second-order valence-electron chi connectivity index (χ2n) is 7.55. The van der Waals surface area contributed by atoms with Gasteiger partial charge in [-0.1, -0.05) is 12.5 Å². The molecule has 9 heteroatoms. The lowest BCUT2D eigenvalue weighted by atomic mass is 10.1. The van der Waals surface area contributed by atoms with Crippen molar-refractivity contribution in [3.8, 4) is 0 Å². The van der Waals surface area contributed by atoms with Gasteiger partial charge < -0.3 is 19.1 Å². The molecule has 0 unspecified atom stereocenters. The van der Waals surface area contributed by atoms with Crippen molar-refractivity contribution in [1.82, 2.24) is 20.2 Å². The Morgan fingerprint density at radius 3 is 2.53 bits per heavy atom. The summed E-state index contributed by atoms with van der Waals surface area (Å²) in [6.07, 6.45) is 6.25. The number of hydrogen-bond donors (Lipinski definition) is 1. The molecule has 3 aromatic rings. The van der Waals surface area contributed by atoms with Crippen LogP contribution in [0.25, 0.3) is 11.1 Å². The van der Waals surface area contributed by atoms with Crippen LogP contribution < -0.4 is 5.32 Å². The van der Waals surface area contributed by atoms with E-state index < -0.39 is 11.6 Å². The number of rotatable bonds is 4. The Kier molecular flexibility index (Phi) is 7.40. The highest BCUT2D eigenvalue weighted by Crippen LogP contribution is 2.20. The zero-order chi connectivity index (χ0) is 23.3. The molecule has 0 spiro atoms. The van der Waals surface area contributed by atoms with Gasteiger partial charge in [-0.2, -0.15) is 0 Å². The first-order chi connectivity index (χ1) is 15.3. The highest BCUT2D eigenvalue weighted by Gasteiger charge is 2.25. The molecular weight excluding hydrogens is 418 g/mol. The Bertz CT molecular complexity index is 1130. The van der Waals surface area contributed by atoms with Gasteiger partial charge in [0.05, 0.1) is 5.69 Å². The number of amides is 1. The number of carbonyl (C=O) groups excluding carboxylic acids is 1. The molecule has 0 bridgehead atoms. The summed E-state index contributed by atoms with van der Waals surface area (Å²) in [4.78, 5) is 21.7. The number of aromatic nitrogens is 2. The minimum atomic E-state index is -0.598. The Morgan fingerprint density at radius 2 is 1.91 bits per heavy atom. The van der Waals surface area contributed by atoms with Crippen LogP contribution in [0.2, 0.25) is 0 Å². The number of hydrogen-bond acceptors (Lipinski definition) is 6. The lowest BCUT2D eigenvalue weighted by Gasteiger charge is -2.29. The number of allylic oxidation sites excluding steroid dienone is 1. The van der Waals surface area contributed by atoms with E-state index in [0.717, 1.165) is 31.4 Å². The molecule has 0 atom stereocenters. The molecule has 1 N–H and O–H groups in total. The lowest BCUT2D eigenvalue weighted by Crippen LogP contribution is -2.38. The predicted molar refractivity (Wildman–Crippen MR) is 116 cm³/mol. The van der Waals surface area contributed by atoms with Gasteiger partial charge in [0, 0.05) is 25.2 Å². The topological polar surface area (TPSA) is 84.4 Å². The Labute approximate surface area is 184 Å². The van der Waals surface area contributed by atoms with Crippen molar-refractivity contribution in [1.29, 1.82) is 0 Å². The molecular formula is C23H26F2N4O3. The largest absolute Gasteiger partial charge is 0.440 e. The van der Waals surface area contributed by atoms with Crippen molar-refractivity contribution in [2.24, 2.45) is 0 Å². The third kappa shape index (κ3) is 5.22. The maximum Gasteiger partial charge on any atom is 0.291 e. The Morgan fingerprint density at radius 1 is 1.19 bits per heavy atom. The van der Waals surface area contributed by atoms with Gasteiger partial charge in [0.25, 0.3) is 5.91 Å². The molecule has 32 heavy (non-hydrogen) atoms. The number of fused-ring (bicyclic) bond motifs is 1. The summed E-state index contributed by atoms with van der Waals surface area (Å²) in [6, 6.07) is 2.02. The molecule has 0 radical (unpaired) electrons. The van der Waals surface area contributed by atoms with Crippen LogP contribution in [0.4, 0.5) is 8.78 Å². The highest BCUT2D eigenvalue weighted by molar-refractivity contribution is 5.92. The molecule has 7 nitrogen and oxygen atoms in total. The lowest BCUT2D eigenvalue weighted by molar-refractivity contribution is 0.0729. The van der Waals surface area contributed by atoms with Gasteiger partial charge in [-0.25, -0.2) is 18.7 Å². The smallest absolute Gasteiger partial charge is 0.291 e. The van der Waals surface area contributed by atoms with E-state index in [4.69, 9.17) is 4.42 Å². The van der Waals surface area contributed by atoms with Crippen LogP contribution in [0.5, 0.6) is 0 Å². The molecule has 170 valence electrons. The standard InChI is InChI=1S/C16H23N3O2.C7H3F2NO/c1-5-11(2)8-17-14-6-7-19(9-12(14)3)16(20)15-13(4)18-10-21-15;8-4-1-2-5(9)7-6(4)10-3-11-7/h8,10,17H,5-7,9H2,1-4H3;1-3H. The molecule has 4 rings (SSSR count). The van der Waals surface area contributed by atoms with Crippen LogP contribution in [0.3, 0.4) is 0 Å². The summed E-state index contributed by atoms with van der Waals surface area (Å²) in [5.41, 5.74) is 4.15. The predicted octanol–water partition coefficient (Wildman–Crippen LogP) is 5.11. The fraction of sp³-hybridized carbons (Fsp3) is 0.348. The molecule has 0 aliphatic carbocycles. The average Bonchev–Trinajstić information content (AvgIpc) is 3.45. The maximum absolute atomic E-state index is 12.7. The summed E-state index contributed by atoms with van der Waals surface area (Å²) in [5, 5.41) is 3.37. The zero-order valence-corrected chi connectivity index (χ0v) is 18.5.